The third-order valence-electron chi connectivity index (χ3n) is 4.98. The zero-order valence-corrected chi connectivity index (χ0v) is 12.0. The molecule has 3 fully saturated rings. The Bertz CT molecular complexity index is 329. The fraction of sp³-hybridized carbons (Fsp3) is 0.933. The van der Waals surface area contributed by atoms with Crippen molar-refractivity contribution in [3.63, 3.8) is 0 Å². The van der Waals surface area contributed by atoms with E-state index in [-0.39, 0.29) is 5.41 Å². The smallest absolute Gasteiger partial charge is 0.228 e. The number of nitrogens with zero attached hydrogens (tertiary/aromatic N) is 2. The van der Waals surface area contributed by atoms with Crippen LogP contribution in [-0.4, -0.2) is 46.9 Å². The number of likely N-dealkylation sites (tertiary alicyclic amines) is 1. The summed E-state index contributed by atoms with van der Waals surface area (Å²) in [6.07, 6.45) is 6.60. The molecule has 0 radical (unpaired) electrons. The lowest BCUT2D eigenvalue weighted by Gasteiger charge is -2.48. The fourth-order valence-electron chi connectivity index (χ4n) is 3.70. The summed E-state index contributed by atoms with van der Waals surface area (Å²) in [6, 6.07) is 1.83. The van der Waals surface area contributed by atoms with Gasteiger partial charge in [0.05, 0.1) is 0 Å². The first-order valence-corrected chi connectivity index (χ1v) is 7.53. The molecular formula is C15H26N2O. The van der Waals surface area contributed by atoms with Crippen molar-refractivity contribution in [2.24, 2.45) is 5.41 Å². The molecule has 2 bridgehead atoms. The molecule has 2 heterocycles. The van der Waals surface area contributed by atoms with Crippen LogP contribution in [0.4, 0.5) is 0 Å². The molecule has 1 amide bonds. The summed E-state index contributed by atoms with van der Waals surface area (Å²) in [5.41, 5.74) is -0.223. The van der Waals surface area contributed by atoms with Gasteiger partial charge in [-0.2, -0.15) is 0 Å². The van der Waals surface area contributed by atoms with Gasteiger partial charge in [-0.05, 0) is 25.7 Å². The molecule has 2 atom stereocenters. The minimum absolute atomic E-state index is 0.223. The Morgan fingerprint density at radius 1 is 0.944 bits per heavy atom. The molecule has 2 unspecified atom stereocenters. The zero-order valence-electron chi connectivity index (χ0n) is 12.0. The van der Waals surface area contributed by atoms with E-state index in [1.54, 1.807) is 0 Å². The van der Waals surface area contributed by atoms with Gasteiger partial charge in [-0.1, -0.05) is 27.2 Å². The van der Waals surface area contributed by atoms with Crippen LogP contribution in [0.2, 0.25) is 0 Å². The van der Waals surface area contributed by atoms with Crippen molar-refractivity contribution in [1.82, 2.24) is 9.80 Å². The largest absolute Gasteiger partial charge is 0.334 e. The highest BCUT2D eigenvalue weighted by Crippen LogP contribution is 2.37. The van der Waals surface area contributed by atoms with Crippen LogP contribution in [0.15, 0.2) is 0 Å². The summed E-state index contributed by atoms with van der Waals surface area (Å²) in [5, 5.41) is 0. The van der Waals surface area contributed by atoms with Gasteiger partial charge >= 0.3 is 0 Å². The van der Waals surface area contributed by atoms with Gasteiger partial charge in [0.15, 0.2) is 0 Å². The first-order valence-electron chi connectivity index (χ1n) is 7.53. The van der Waals surface area contributed by atoms with E-state index in [4.69, 9.17) is 0 Å². The van der Waals surface area contributed by atoms with Crippen molar-refractivity contribution >= 4 is 5.91 Å². The lowest BCUT2D eigenvalue weighted by molar-refractivity contribution is -0.146. The Hall–Kier alpha value is -0.570. The molecule has 1 aliphatic carbocycles. The summed E-state index contributed by atoms with van der Waals surface area (Å²) >= 11 is 0. The van der Waals surface area contributed by atoms with Crippen molar-refractivity contribution in [2.75, 3.05) is 13.1 Å². The Kier molecular flexibility index (Phi) is 2.92. The number of hydrogen-bond donors (Lipinski definition) is 0. The van der Waals surface area contributed by atoms with Gasteiger partial charge in [0.1, 0.15) is 0 Å². The number of rotatable bonds is 1. The highest BCUT2D eigenvalue weighted by molar-refractivity contribution is 5.82. The molecule has 18 heavy (non-hydrogen) atoms. The van der Waals surface area contributed by atoms with E-state index in [0.29, 0.717) is 18.0 Å². The van der Waals surface area contributed by atoms with E-state index in [1.165, 1.54) is 32.1 Å². The van der Waals surface area contributed by atoms with Gasteiger partial charge in [-0.15, -0.1) is 0 Å². The predicted molar refractivity (Wildman–Crippen MR) is 72.3 cm³/mol. The van der Waals surface area contributed by atoms with Crippen LogP contribution in [0.1, 0.15) is 52.9 Å². The highest BCUT2D eigenvalue weighted by Gasteiger charge is 2.46. The van der Waals surface area contributed by atoms with E-state index in [2.05, 4.69) is 9.80 Å². The van der Waals surface area contributed by atoms with Crippen molar-refractivity contribution in [3.05, 3.63) is 0 Å². The van der Waals surface area contributed by atoms with Crippen molar-refractivity contribution in [3.8, 4) is 0 Å². The van der Waals surface area contributed by atoms with Gasteiger partial charge in [0.25, 0.3) is 0 Å². The molecule has 102 valence electrons. The van der Waals surface area contributed by atoms with Crippen molar-refractivity contribution in [2.45, 2.75) is 71.0 Å². The Morgan fingerprint density at radius 3 is 1.89 bits per heavy atom. The average Bonchev–Trinajstić information content (AvgIpc) is 2.45. The summed E-state index contributed by atoms with van der Waals surface area (Å²) in [7, 11) is 0. The van der Waals surface area contributed by atoms with Crippen LogP contribution in [0.25, 0.3) is 0 Å². The molecule has 3 heteroatoms. The van der Waals surface area contributed by atoms with Gasteiger partial charge < -0.3 is 4.90 Å². The van der Waals surface area contributed by atoms with E-state index in [0.717, 1.165) is 19.1 Å². The zero-order chi connectivity index (χ0) is 12.9. The van der Waals surface area contributed by atoms with E-state index in [9.17, 15) is 4.79 Å². The first kappa shape index (κ1) is 12.5. The molecule has 2 aliphatic heterocycles. The maximum Gasteiger partial charge on any atom is 0.228 e. The van der Waals surface area contributed by atoms with Crippen molar-refractivity contribution in [1.29, 1.82) is 0 Å². The van der Waals surface area contributed by atoms with Gasteiger partial charge in [0.2, 0.25) is 5.91 Å². The Morgan fingerprint density at radius 2 is 1.50 bits per heavy atom. The number of fused-ring (bicyclic) bond motifs is 2. The van der Waals surface area contributed by atoms with Gasteiger partial charge in [-0.3, -0.25) is 9.69 Å². The second kappa shape index (κ2) is 4.22. The van der Waals surface area contributed by atoms with E-state index in [1.807, 2.05) is 20.8 Å². The molecule has 3 nitrogen and oxygen atoms in total. The molecule has 0 aromatic rings. The third-order valence-corrected chi connectivity index (χ3v) is 4.98. The molecule has 0 N–H and O–H groups in total. The van der Waals surface area contributed by atoms with Crippen LogP contribution in [-0.2, 0) is 4.79 Å². The van der Waals surface area contributed by atoms with E-state index < -0.39 is 0 Å². The van der Waals surface area contributed by atoms with Crippen LogP contribution in [0, 0.1) is 5.41 Å². The summed E-state index contributed by atoms with van der Waals surface area (Å²) in [6.45, 7) is 8.40. The van der Waals surface area contributed by atoms with Crippen LogP contribution in [0.3, 0.4) is 0 Å². The molecule has 1 saturated carbocycles. The molecule has 0 spiro atoms. The third kappa shape index (κ3) is 1.97. The average molecular weight is 250 g/mol. The number of piperazine rings is 1. The lowest BCUT2D eigenvalue weighted by Crippen LogP contribution is -2.60. The maximum atomic E-state index is 12.5. The lowest BCUT2D eigenvalue weighted by atomic mass is 9.89. The summed E-state index contributed by atoms with van der Waals surface area (Å²) in [5.74, 6) is 0.364. The SMILES string of the molecule is CC(C)(C)C(=O)N1C2CCC1CN(C1CCC1)C2. The first-order chi connectivity index (χ1) is 8.47. The number of hydrogen-bond acceptors (Lipinski definition) is 2. The molecule has 3 aliphatic rings. The molecule has 0 aromatic carbocycles. The topological polar surface area (TPSA) is 23.6 Å². The van der Waals surface area contributed by atoms with Crippen molar-refractivity contribution < 1.29 is 4.79 Å². The number of carbonyl (C=O) groups is 1. The fourth-order valence-corrected chi connectivity index (χ4v) is 3.70. The second-order valence-electron chi connectivity index (χ2n) is 7.39. The quantitative estimate of drug-likeness (QED) is 0.712. The standard InChI is InChI=1S/C15H26N2O/c1-15(2,3)14(18)17-12-7-8-13(17)10-16(9-12)11-5-4-6-11/h11-13H,4-10H2,1-3H3. The van der Waals surface area contributed by atoms with Gasteiger partial charge in [0, 0.05) is 36.6 Å². The second-order valence-corrected chi connectivity index (χ2v) is 7.39. The monoisotopic (exact) mass is 250 g/mol. The molecule has 2 saturated heterocycles. The number of carbonyl (C=O) groups excluding carboxylic acids is 1. The molecule has 3 rings (SSSR count). The predicted octanol–water partition coefficient (Wildman–Crippen LogP) is 2.26. The Balaban J connectivity index is 1.71. The minimum Gasteiger partial charge on any atom is -0.334 e. The molecule has 0 aromatic heterocycles. The normalized spacial score (nSPS) is 33.6. The van der Waals surface area contributed by atoms with E-state index >= 15 is 0 Å². The van der Waals surface area contributed by atoms with Crippen LogP contribution >= 0.6 is 0 Å². The highest BCUT2D eigenvalue weighted by atomic mass is 16.2. The van der Waals surface area contributed by atoms with Crippen LogP contribution in [0.5, 0.6) is 0 Å². The maximum absolute atomic E-state index is 12.5. The summed E-state index contributed by atoms with van der Waals surface area (Å²) in [4.78, 5) is 17.4. The molecular weight excluding hydrogens is 224 g/mol. The van der Waals surface area contributed by atoms with Crippen LogP contribution < -0.4 is 0 Å². The Labute approximate surface area is 111 Å². The van der Waals surface area contributed by atoms with Gasteiger partial charge in [-0.25, -0.2) is 0 Å². The number of amides is 1. The minimum atomic E-state index is -0.223. The summed E-state index contributed by atoms with van der Waals surface area (Å²) < 4.78 is 0.